The normalized spacial score (nSPS) is 14.2. The van der Waals surface area contributed by atoms with Crippen LogP contribution in [0.2, 0.25) is 15.1 Å². The number of nitrogens with one attached hydrogen (secondary N) is 2. The van der Waals surface area contributed by atoms with Crippen LogP contribution in [0.4, 0.5) is 16.2 Å². The average molecular weight is 490 g/mol. The molecule has 165 valence electrons. The van der Waals surface area contributed by atoms with Gasteiger partial charge < -0.3 is 10.6 Å². The minimum absolute atomic E-state index is 0.0241. The molecule has 8 heteroatoms. The number of amides is 3. The minimum atomic E-state index is -0.585. The maximum atomic E-state index is 13.1. The van der Waals surface area contributed by atoms with E-state index >= 15 is 0 Å². The van der Waals surface area contributed by atoms with Gasteiger partial charge in [0.1, 0.15) is 0 Å². The van der Waals surface area contributed by atoms with Crippen molar-refractivity contribution in [3.05, 3.63) is 69.2 Å². The Hall–Kier alpha value is -2.47. The van der Waals surface area contributed by atoms with Crippen LogP contribution in [-0.2, 0) is 0 Å². The zero-order valence-electron chi connectivity index (χ0n) is 17.1. The standard InChI is InChI=1S/C24H21Cl3N3O2/c25-16-12-19(26)22(20(27)13-16)30-24(32)29-21-11-15-7-5-4-6-14(15)10-18(21)23(31)28-17-8-2-1-3-9-17/h4-7,10-13,17H,1-3,8-9H2,(H2,29,30,32). The van der Waals surface area contributed by atoms with Crippen LogP contribution in [-0.4, -0.2) is 18.0 Å². The number of nitrogens with zero attached hydrogens (tertiary/aromatic N) is 1. The molecule has 1 fully saturated rings. The van der Waals surface area contributed by atoms with Crippen LogP contribution in [0.15, 0.2) is 48.5 Å². The highest BCUT2D eigenvalue weighted by Gasteiger charge is 2.22. The van der Waals surface area contributed by atoms with Crippen molar-refractivity contribution in [3.8, 4) is 0 Å². The third-order valence-corrected chi connectivity index (χ3v) is 6.30. The molecule has 5 nitrogen and oxygen atoms in total. The van der Waals surface area contributed by atoms with Gasteiger partial charge in [-0.3, -0.25) is 4.79 Å². The molecule has 3 aromatic rings. The summed E-state index contributed by atoms with van der Waals surface area (Å²) in [6.07, 6.45) is 5.16. The largest absolute Gasteiger partial charge is 0.323 e. The molecule has 0 spiro atoms. The SMILES string of the molecule is O=C(Nc1cc2ccccc2cc1C(=O)[N]C1CCCCC1)Nc1c(Cl)cc(Cl)cc1Cl. The lowest BCUT2D eigenvalue weighted by Gasteiger charge is -2.21. The zero-order valence-corrected chi connectivity index (χ0v) is 19.4. The number of halogens is 3. The summed E-state index contributed by atoms with van der Waals surface area (Å²) in [5.74, 6) is -0.333. The molecular weight excluding hydrogens is 469 g/mol. The van der Waals surface area contributed by atoms with Gasteiger partial charge in [-0.2, -0.15) is 0 Å². The number of rotatable bonds is 4. The third kappa shape index (κ3) is 5.29. The van der Waals surface area contributed by atoms with Gasteiger partial charge in [0.05, 0.1) is 33.0 Å². The van der Waals surface area contributed by atoms with Crippen molar-refractivity contribution in [2.24, 2.45) is 0 Å². The lowest BCUT2D eigenvalue weighted by Crippen LogP contribution is -2.31. The van der Waals surface area contributed by atoms with E-state index in [4.69, 9.17) is 34.8 Å². The molecule has 32 heavy (non-hydrogen) atoms. The van der Waals surface area contributed by atoms with Gasteiger partial charge in [-0.15, -0.1) is 0 Å². The molecule has 1 saturated carbocycles. The van der Waals surface area contributed by atoms with E-state index in [1.807, 2.05) is 24.3 Å². The Morgan fingerprint density at radius 1 is 0.844 bits per heavy atom. The van der Waals surface area contributed by atoms with Gasteiger partial charge in [0.2, 0.25) is 0 Å². The average Bonchev–Trinajstić information content (AvgIpc) is 2.76. The maximum Gasteiger partial charge on any atom is 0.323 e. The number of hydrogen-bond donors (Lipinski definition) is 2. The van der Waals surface area contributed by atoms with E-state index in [2.05, 4.69) is 16.0 Å². The van der Waals surface area contributed by atoms with Gasteiger partial charge in [0.15, 0.2) is 0 Å². The van der Waals surface area contributed by atoms with Crippen LogP contribution in [0.3, 0.4) is 0 Å². The molecule has 1 aliphatic carbocycles. The Kier molecular flexibility index (Phi) is 7.09. The fourth-order valence-electron chi connectivity index (χ4n) is 3.89. The van der Waals surface area contributed by atoms with Gasteiger partial charge in [0.25, 0.3) is 5.91 Å². The number of urea groups is 1. The zero-order chi connectivity index (χ0) is 22.7. The van der Waals surface area contributed by atoms with E-state index in [1.54, 1.807) is 12.1 Å². The molecule has 4 rings (SSSR count). The fraction of sp³-hybridized carbons (Fsp3) is 0.250. The van der Waals surface area contributed by atoms with Crippen LogP contribution in [0.1, 0.15) is 42.5 Å². The third-order valence-electron chi connectivity index (χ3n) is 5.48. The number of hydrogen-bond acceptors (Lipinski definition) is 2. The molecule has 0 atom stereocenters. The predicted molar refractivity (Wildman–Crippen MR) is 131 cm³/mol. The highest BCUT2D eigenvalue weighted by atomic mass is 35.5. The molecule has 0 aliphatic heterocycles. The number of carbonyl (C=O) groups is 2. The molecular formula is C24H21Cl3N3O2. The van der Waals surface area contributed by atoms with Crippen LogP contribution in [0, 0.1) is 0 Å². The van der Waals surface area contributed by atoms with Gasteiger partial charge in [0, 0.05) is 5.02 Å². The second-order valence-electron chi connectivity index (χ2n) is 7.79. The van der Waals surface area contributed by atoms with Crippen LogP contribution in [0.5, 0.6) is 0 Å². The topological polar surface area (TPSA) is 72.3 Å². The second kappa shape index (κ2) is 9.99. The first kappa shape index (κ1) is 22.7. The fourth-order valence-corrected chi connectivity index (χ4v) is 4.81. The van der Waals surface area contributed by atoms with E-state index in [0.717, 1.165) is 36.5 Å². The molecule has 3 amide bonds. The highest BCUT2D eigenvalue weighted by molar-refractivity contribution is 6.42. The minimum Gasteiger partial charge on any atom is -0.307 e. The smallest absolute Gasteiger partial charge is 0.307 e. The van der Waals surface area contributed by atoms with E-state index in [1.165, 1.54) is 18.6 Å². The molecule has 1 aliphatic rings. The van der Waals surface area contributed by atoms with E-state index in [0.29, 0.717) is 16.3 Å². The Morgan fingerprint density at radius 2 is 1.47 bits per heavy atom. The predicted octanol–water partition coefficient (Wildman–Crippen LogP) is 7.52. The summed E-state index contributed by atoms with van der Waals surface area (Å²) >= 11 is 18.3. The molecule has 1 radical (unpaired) electrons. The molecule has 3 aromatic carbocycles. The number of fused-ring (bicyclic) bond motifs is 1. The van der Waals surface area contributed by atoms with E-state index < -0.39 is 6.03 Å². The van der Waals surface area contributed by atoms with Crippen molar-refractivity contribution in [3.63, 3.8) is 0 Å². The van der Waals surface area contributed by atoms with E-state index in [-0.39, 0.29) is 27.7 Å². The first-order valence-electron chi connectivity index (χ1n) is 10.4. The summed E-state index contributed by atoms with van der Waals surface area (Å²) in [6.45, 7) is 0. The van der Waals surface area contributed by atoms with Crippen molar-refractivity contribution < 1.29 is 9.59 Å². The number of benzene rings is 3. The van der Waals surface area contributed by atoms with Gasteiger partial charge in [-0.05, 0) is 47.9 Å². The lowest BCUT2D eigenvalue weighted by molar-refractivity contribution is 0.0922. The Labute approximate surface area is 201 Å². The van der Waals surface area contributed by atoms with Gasteiger partial charge in [-0.25, -0.2) is 10.1 Å². The molecule has 0 bridgehead atoms. The second-order valence-corrected chi connectivity index (χ2v) is 9.05. The van der Waals surface area contributed by atoms with Crippen molar-refractivity contribution in [2.45, 2.75) is 38.1 Å². The quantitative estimate of drug-likeness (QED) is 0.398. The summed E-state index contributed by atoms with van der Waals surface area (Å²) in [6, 6.07) is 13.6. The van der Waals surface area contributed by atoms with Gasteiger partial charge >= 0.3 is 6.03 Å². The van der Waals surface area contributed by atoms with Crippen LogP contribution in [0.25, 0.3) is 10.8 Å². The van der Waals surface area contributed by atoms with Crippen molar-refractivity contribution >= 4 is 68.9 Å². The lowest BCUT2D eigenvalue weighted by atomic mass is 9.95. The molecule has 0 unspecified atom stereocenters. The summed E-state index contributed by atoms with van der Waals surface area (Å²) < 4.78 is 0. The summed E-state index contributed by atoms with van der Waals surface area (Å²) in [5.41, 5.74) is 0.945. The van der Waals surface area contributed by atoms with E-state index in [9.17, 15) is 9.59 Å². The van der Waals surface area contributed by atoms with Crippen molar-refractivity contribution in [1.82, 2.24) is 5.32 Å². The summed E-state index contributed by atoms with van der Waals surface area (Å²) in [5, 5.41) is 12.4. The number of carbonyl (C=O) groups excluding carboxylic acids is 2. The molecule has 2 N–H and O–H groups in total. The molecule has 0 heterocycles. The van der Waals surface area contributed by atoms with Crippen LogP contribution < -0.4 is 16.0 Å². The Balaban J connectivity index is 1.61. The van der Waals surface area contributed by atoms with Crippen molar-refractivity contribution in [2.75, 3.05) is 10.6 Å². The summed E-state index contributed by atoms with van der Waals surface area (Å²) in [7, 11) is 0. The number of anilines is 2. The molecule has 0 aromatic heterocycles. The van der Waals surface area contributed by atoms with Crippen molar-refractivity contribution in [1.29, 1.82) is 0 Å². The first-order chi connectivity index (χ1) is 15.4. The van der Waals surface area contributed by atoms with Gasteiger partial charge in [-0.1, -0.05) is 78.3 Å². The Bertz CT molecular complexity index is 1150. The monoisotopic (exact) mass is 488 g/mol. The highest BCUT2D eigenvalue weighted by Crippen LogP contribution is 2.34. The molecule has 0 saturated heterocycles. The maximum absolute atomic E-state index is 13.1. The first-order valence-corrected chi connectivity index (χ1v) is 11.5. The summed E-state index contributed by atoms with van der Waals surface area (Å²) in [4.78, 5) is 25.8. The van der Waals surface area contributed by atoms with Crippen LogP contribution >= 0.6 is 34.8 Å². The Morgan fingerprint density at radius 3 is 2.12 bits per heavy atom.